The highest BCUT2D eigenvalue weighted by atomic mass is 32.2. The Morgan fingerprint density at radius 1 is 1.12 bits per heavy atom. The van der Waals surface area contributed by atoms with E-state index in [4.69, 9.17) is 9.72 Å². The van der Waals surface area contributed by atoms with E-state index in [1.54, 1.807) is 30.1 Å². The van der Waals surface area contributed by atoms with Crippen molar-refractivity contribution in [1.82, 2.24) is 25.1 Å². The smallest absolute Gasteiger partial charge is 0.251 e. The van der Waals surface area contributed by atoms with Gasteiger partial charge in [-0.15, -0.1) is 0 Å². The number of rotatable bonds is 11. The number of ether oxygens (including phenoxy) is 1. The molecule has 8 nitrogen and oxygen atoms in total. The average molecular weight is 457 g/mol. The molecule has 0 spiro atoms. The number of fused-ring (bicyclic) bond motifs is 1. The number of hydrogen-bond donors (Lipinski definition) is 2. The molecule has 1 aromatic carbocycles. The zero-order valence-corrected chi connectivity index (χ0v) is 20.2. The van der Waals surface area contributed by atoms with Crippen LogP contribution in [0, 0.1) is 0 Å². The molecule has 9 heteroatoms. The molecular formula is C23H32N6O2S. The van der Waals surface area contributed by atoms with Crippen LogP contribution in [0.25, 0.3) is 11.0 Å². The van der Waals surface area contributed by atoms with E-state index in [0.29, 0.717) is 23.9 Å². The number of benzene rings is 1. The number of hydrogen-bond acceptors (Lipinski definition) is 7. The molecular weight excluding hydrogens is 424 g/mol. The van der Waals surface area contributed by atoms with Gasteiger partial charge in [-0.1, -0.05) is 32.5 Å². The highest BCUT2D eigenvalue weighted by Crippen LogP contribution is 2.26. The molecule has 0 aliphatic carbocycles. The molecule has 0 saturated carbocycles. The van der Waals surface area contributed by atoms with Gasteiger partial charge < -0.3 is 15.4 Å². The van der Waals surface area contributed by atoms with Crippen molar-refractivity contribution in [2.75, 3.05) is 18.4 Å². The number of carbonyl (C=O) groups excluding carboxylic acids is 1. The van der Waals surface area contributed by atoms with Gasteiger partial charge in [0, 0.05) is 23.9 Å². The fourth-order valence-electron chi connectivity index (χ4n) is 3.08. The second kappa shape index (κ2) is 11.2. The summed E-state index contributed by atoms with van der Waals surface area (Å²) in [6.45, 7) is 12.1. The largest absolute Gasteiger partial charge is 0.491 e. The lowest BCUT2D eigenvalue weighted by molar-refractivity contribution is 0.0952. The van der Waals surface area contributed by atoms with Crippen LogP contribution in [0.15, 0.2) is 35.6 Å². The van der Waals surface area contributed by atoms with Crippen LogP contribution in [-0.4, -0.2) is 50.1 Å². The molecule has 0 bridgehead atoms. The Hall–Kier alpha value is -2.81. The summed E-state index contributed by atoms with van der Waals surface area (Å²) in [7, 11) is 0. The van der Waals surface area contributed by atoms with Crippen LogP contribution < -0.4 is 15.4 Å². The third kappa shape index (κ3) is 6.35. The summed E-state index contributed by atoms with van der Waals surface area (Å²) >= 11 is 1.62. The normalized spacial score (nSPS) is 11.3. The van der Waals surface area contributed by atoms with Crippen molar-refractivity contribution in [2.45, 2.75) is 64.1 Å². The molecule has 2 heterocycles. The molecule has 3 aromatic rings. The maximum Gasteiger partial charge on any atom is 0.251 e. The highest BCUT2D eigenvalue weighted by Gasteiger charge is 2.14. The fraction of sp³-hybridized carbons (Fsp3) is 0.478. The van der Waals surface area contributed by atoms with E-state index in [-0.39, 0.29) is 12.0 Å². The van der Waals surface area contributed by atoms with Crippen molar-refractivity contribution in [3.8, 4) is 5.75 Å². The molecule has 2 aromatic heterocycles. The first-order valence-electron chi connectivity index (χ1n) is 11.1. The molecule has 0 radical (unpaired) electrons. The van der Waals surface area contributed by atoms with Crippen molar-refractivity contribution >= 4 is 34.5 Å². The van der Waals surface area contributed by atoms with Gasteiger partial charge in [-0.2, -0.15) is 5.10 Å². The van der Waals surface area contributed by atoms with Crippen molar-refractivity contribution < 1.29 is 9.53 Å². The third-order valence-electron chi connectivity index (χ3n) is 4.46. The summed E-state index contributed by atoms with van der Waals surface area (Å²) in [6, 6.07) is 7.16. The molecule has 172 valence electrons. The van der Waals surface area contributed by atoms with Crippen LogP contribution in [0.4, 0.5) is 5.82 Å². The highest BCUT2D eigenvalue weighted by molar-refractivity contribution is 7.99. The molecule has 0 saturated heterocycles. The van der Waals surface area contributed by atoms with Gasteiger partial charge >= 0.3 is 0 Å². The zero-order valence-electron chi connectivity index (χ0n) is 19.4. The van der Waals surface area contributed by atoms with E-state index in [0.717, 1.165) is 40.7 Å². The topological polar surface area (TPSA) is 94.0 Å². The quantitative estimate of drug-likeness (QED) is 0.327. The van der Waals surface area contributed by atoms with E-state index in [1.165, 1.54) is 0 Å². The SMILES string of the molecule is CCCNc1nc(SC(C)C)nc2c1cnn2CCNC(=O)c1ccc(OC(C)C)cc1. The van der Waals surface area contributed by atoms with Gasteiger partial charge in [0.2, 0.25) is 0 Å². The number of thioether (sulfide) groups is 1. The number of anilines is 1. The maximum atomic E-state index is 12.5. The van der Waals surface area contributed by atoms with E-state index in [9.17, 15) is 4.79 Å². The summed E-state index contributed by atoms with van der Waals surface area (Å²) in [5, 5.41) is 12.8. The molecule has 0 aliphatic heterocycles. The standard InChI is InChI=1S/C23H32N6O2S/c1-6-11-24-20-19-14-26-29(21(19)28-23(27-20)32-16(4)5)13-12-25-22(30)17-7-9-18(10-8-17)31-15(2)3/h7-10,14-16H,6,11-13H2,1-5H3,(H,25,30)(H,24,27,28). The van der Waals surface area contributed by atoms with Crippen molar-refractivity contribution in [3.05, 3.63) is 36.0 Å². The van der Waals surface area contributed by atoms with Gasteiger partial charge in [0.05, 0.1) is 24.2 Å². The van der Waals surface area contributed by atoms with E-state index >= 15 is 0 Å². The Kier molecular flexibility index (Phi) is 8.33. The maximum absolute atomic E-state index is 12.5. The monoisotopic (exact) mass is 456 g/mol. The summed E-state index contributed by atoms with van der Waals surface area (Å²) in [5.74, 6) is 1.43. The van der Waals surface area contributed by atoms with Gasteiger partial charge in [0.1, 0.15) is 11.6 Å². The van der Waals surface area contributed by atoms with Gasteiger partial charge in [0.25, 0.3) is 5.91 Å². The van der Waals surface area contributed by atoms with Crippen molar-refractivity contribution in [1.29, 1.82) is 0 Å². The van der Waals surface area contributed by atoms with Gasteiger partial charge in [0.15, 0.2) is 10.8 Å². The number of amides is 1. The molecule has 1 amide bonds. The van der Waals surface area contributed by atoms with Crippen molar-refractivity contribution in [2.24, 2.45) is 0 Å². The molecule has 3 rings (SSSR count). The number of aromatic nitrogens is 4. The lowest BCUT2D eigenvalue weighted by Gasteiger charge is -2.11. The minimum absolute atomic E-state index is 0.0968. The lowest BCUT2D eigenvalue weighted by atomic mass is 10.2. The van der Waals surface area contributed by atoms with Gasteiger partial charge in [-0.05, 0) is 44.5 Å². The molecule has 0 unspecified atom stereocenters. The van der Waals surface area contributed by atoms with Crippen LogP contribution in [-0.2, 0) is 6.54 Å². The lowest BCUT2D eigenvalue weighted by Crippen LogP contribution is -2.27. The predicted molar refractivity (Wildman–Crippen MR) is 130 cm³/mol. The number of nitrogens with one attached hydrogen (secondary N) is 2. The van der Waals surface area contributed by atoms with Crippen LogP contribution in [0.3, 0.4) is 0 Å². The van der Waals surface area contributed by atoms with Crippen LogP contribution in [0.1, 0.15) is 51.4 Å². The van der Waals surface area contributed by atoms with Crippen LogP contribution >= 0.6 is 11.8 Å². The third-order valence-corrected chi connectivity index (χ3v) is 5.32. The van der Waals surface area contributed by atoms with E-state index < -0.39 is 0 Å². The molecule has 0 atom stereocenters. The number of nitrogens with zero attached hydrogens (tertiary/aromatic N) is 4. The molecule has 0 fully saturated rings. The first-order valence-corrected chi connectivity index (χ1v) is 11.9. The Morgan fingerprint density at radius 3 is 2.53 bits per heavy atom. The van der Waals surface area contributed by atoms with Crippen LogP contribution in [0.5, 0.6) is 5.75 Å². The zero-order chi connectivity index (χ0) is 23.1. The summed E-state index contributed by atoms with van der Waals surface area (Å²) in [6.07, 6.45) is 2.88. The minimum atomic E-state index is -0.131. The van der Waals surface area contributed by atoms with Crippen LogP contribution in [0.2, 0.25) is 0 Å². The van der Waals surface area contributed by atoms with Gasteiger partial charge in [-0.3, -0.25) is 4.79 Å². The summed E-state index contributed by atoms with van der Waals surface area (Å²) in [4.78, 5) is 21.9. The van der Waals surface area contributed by atoms with Crippen molar-refractivity contribution in [3.63, 3.8) is 0 Å². The fourth-order valence-corrected chi connectivity index (χ4v) is 3.78. The summed E-state index contributed by atoms with van der Waals surface area (Å²) < 4.78 is 7.44. The Morgan fingerprint density at radius 2 is 1.88 bits per heavy atom. The Balaban J connectivity index is 1.68. The van der Waals surface area contributed by atoms with E-state index in [2.05, 4.69) is 41.5 Å². The first kappa shape index (κ1) is 23.8. The Labute approximate surface area is 193 Å². The molecule has 32 heavy (non-hydrogen) atoms. The first-order chi connectivity index (χ1) is 15.4. The van der Waals surface area contributed by atoms with Gasteiger partial charge in [-0.25, -0.2) is 14.6 Å². The Bertz CT molecular complexity index is 1030. The minimum Gasteiger partial charge on any atom is -0.491 e. The molecule has 0 aliphatic rings. The second-order valence-corrected chi connectivity index (χ2v) is 9.54. The second-order valence-electron chi connectivity index (χ2n) is 8.00. The average Bonchev–Trinajstić information content (AvgIpc) is 3.14. The number of carbonyl (C=O) groups is 1. The van der Waals surface area contributed by atoms with E-state index in [1.807, 2.05) is 30.7 Å². The molecule has 2 N–H and O–H groups in total. The summed E-state index contributed by atoms with van der Waals surface area (Å²) in [5.41, 5.74) is 1.36. The predicted octanol–water partition coefficient (Wildman–Crippen LogP) is 4.37.